The van der Waals surface area contributed by atoms with E-state index < -0.39 is 53.0 Å². The average molecular weight is 447 g/mol. The zero-order chi connectivity index (χ0) is 21.8. The van der Waals surface area contributed by atoms with Gasteiger partial charge in [-0.15, -0.1) is 0 Å². The summed E-state index contributed by atoms with van der Waals surface area (Å²) in [6, 6.07) is 3.08. The molecule has 13 heteroatoms. The molecule has 0 bridgehead atoms. The molecule has 0 atom stereocenters. The van der Waals surface area contributed by atoms with Crippen LogP contribution in [0.3, 0.4) is 0 Å². The Bertz CT molecular complexity index is 1100. The van der Waals surface area contributed by atoms with Gasteiger partial charge in [0.15, 0.2) is 9.84 Å². The molecule has 0 saturated carbocycles. The highest BCUT2D eigenvalue weighted by molar-refractivity contribution is 8.45. The molecular weight excluding hydrogens is 433 g/mol. The summed E-state index contributed by atoms with van der Waals surface area (Å²) in [5.41, 5.74) is 3.46. The Morgan fingerprint density at radius 1 is 1.11 bits per heavy atom. The first kappa shape index (κ1) is 21.8. The lowest BCUT2D eigenvalue weighted by Gasteiger charge is -2.41. The van der Waals surface area contributed by atoms with Crippen molar-refractivity contribution in [2.75, 3.05) is 12.0 Å². The van der Waals surface area contributed by atoms with Crippen molar-refractivity contribution in [3.8, 4) is 11.5 Å². The second kappa shape index (κ2) is 5.73. The summed E-state index contributed by atoms with van der Waals surface area (Å²) >= 11 is 0. The van der Waals surface area contributed by atoms with E-state index in [-0.39, 0.29) is 17.2 Å². The number of benzene rings is 2. The van der Waals surface area contributed by atoms with E-state index in [2.05, 4.69) is 0 Å². The van der Waals surface area contributed by atoms with Gasteiger partial charge in [-0.3, -0.25) is 0 Å². The second-order valence-electron chi connectivity index (χ2n) is 5.96. The van der Waals surface area contributed by atoms with Crippen LogP contribution in [0.1, 0.15) is 15.9 Å². The fraction of sp³-hybridized carbons (Fsp3) is 0.133. The number of aromatic carboxylic acids is 1. The molecule has 2 rings (SSSR count). The number of nitrogens with two attached hydrogens (primary N) is 1. The Kier molecular flexibility index (Phi) is 4.45. The molecule has 0 heterocycles. The molecule has 0 amide bonds. The molecule has 0 saturated heterocycles. The molecule has 0 aliphatic carbocycles. The lowest BCUT2D eigenvalue weighted by Crippen LogP contribution is -2.10. The maximum Gasteiger partial charge on any atom is 0.335 e. The number of carboxylic acids is 1. The van der Waals surface area contributed by atoms with Gasteiger partial charge in [0.1, 0.15) is 21.3 Å². The van der Waals surface area contributed by atoms with Gasteiger partial charge in [-0.1, -0.05) is 19.4 Å². The third kappa shape index (κ3) is 4.65. The minimum atomic E-state index is -10.1. The van der Waals surface area contributed by atoms with Crippen LogP contribution in [0.2, 0.25) is 0 Å². The molecule has 0 unspecified atom stereocenters. The predicted molar refractivity (Wildman–Crippen MR) is 93.6 cm³/mol. The van der Waals surface area contributed by atoms with Crippen LogP contribution in [-0.2, 0) is 9.84 Å². The van der Waals surface area contributed by atoms with E-state index in [1.807, 2.05) is 0 Å². The lowest BCUT2D eigenvalue weighted by atomic mass is 10.1. The first-order valence-electron chi connectivity index (χ1n) is 7.19. The third-order valence-corrected chi connectivity index (χ3v) is 5.85. The number of anilines is 1. The Hall–Kier alpha value is -2.54. The molecule has 156 valence electrons. The number of nitrogen functional groups attached to an aromatic ring is 1. The predicted octanol–water partition coefficient (Wildman–Crippen LogP) is 5.13. The fourth-order valence-electron chi connectivity index (χ4n) is 2.30. The summed E-state index contributed by atoms with van der Waals surface area (Å²) in [7, 11) is -14.2. The van der Waals surface area contributed by atoms with Crippen LogP contribution in [0.25, 0.3) is 0 Å². The summed E-state index contributed by atoms with van der Waals surface area (Å²) in [6.45, 7) is 1.30. The number of ether oxygens (including phenoxy) is 1. The Balaban J connectivity index is 2.68. The van der Waals surface area contributed by atoms with Gasteiger partial charge in [-0.25, -0.2) is 13.2 Å². The molecule has 3 N–H and O–H groups in total. The van der Waals surface area contributed by atoms with E-state index in [0.717, 1.165) is 24.5 Å². The summed E-state index contributed by atoms with van der Waals surface area (Å²) in [5.74, 6) is -2.72. The van der Waals surface area contributed by atoms with Crippen molar-refractivity contribution in [2.45, 2.75) is 16.7 Å². The smallest absolute Gasteiger partial charge is 0.335 e. The minimum absolute atomic E-state index is 0.0383. The molecule has 0 spiro atoms. The van der Waals surface area contributed by atoms with Crippen molar-refractivity contribution < 1.29 is 42.5 Å². The topological polar surface area (TPSA) is 107 Å². The van der Waals surface area contributed by atoms with Crippen molar-refractivity contribution in [3.05, 3.63) is 41.5 Å². The first-order valence-corrected chi connectivity index (χ1v) is 11.0. The number of hydrogen-bond acceptors (Lipinski definition) is 5. The monoisotopic (exact) mass is 447 g/mol. The number of hydrogen-bond donors (Lipinski definition) is 2. The number of aryl methyl sites for hydroxylation is 1. The Morgan fingerprint density at radius 2 is 1.68 bits per heavy atom. The number of carbonyl (C=O) groups is 1. The summed E-state index contributed by atoms with van der Waals surface area (Å²) in [6.07, 6.45) is 0.722. The van der Waals surface area contributed by atoms with E-state index in [1.165, 1.54) is 6.92 Å². The molecule has 2 aromatic carbocycles. The number of sulfone groups is 1. The SMILES string of the molecule is Cc1cc(Oc2ccc(N)c(S(F)(F)(F)(F)F)c2)c(S(C)(=O)=O)cc1C(=O)O. The Labute approximate surface area is 156 Å². The highest BCUT2D eigenvalue weighted by Crippen LogP contribution is 3.02. The Morgan fingerprint density at radius 3 is 2.14 bits per heavy atom. The average Bonchev–Trinajstić information content (AvgIpc) is 2.45. The third-order valence-electron chi connectivity index (χ3n) is 3.55. The van der Waals surface area contributed by atoms with Crippen LogP contribution >= 0.6 is 10.2 Å². The standard InChI is InChI=1S/C15H14F5NO5S2/c1-8-5-12(13(27(2,24)25)7-10(8)15(22)23)26-9-3-4-11(21)14(6-9)28(16,17,18,19)20/h3-7H,21H2,1-2H3,(H,22,23). The molecule has 0 fully saturated rings. The minimum Gasteiger partial charge on any atom is -0.478 e. The number of rotatable bonds is 5. The molecule has 0 aliphatic heterocycles. The zero-order valence-electron chi connectivity index (χ0n) is 14.3. The van der Waals surface area contributed by atoms with E-state index in [1.54, 1.807) is 0 Å². The summed E-state index contributed by atoms with van der Waals surface area (Å²) < 4.78 is 94.5. The summed E-state index contributed by atoms with van der Waals surface area (Å²) in [5, 5.41) is 9.10. The van der Waals surface area contributed by atoms with E-state index >= 15 is 0 Å². The van der Waals surface area contributed by atoms with Crippen molar-refractivity contribution in [1.82, 2.24) is 0 Å². The van der Waals surface area contributed by atoms with Gasteiger partial charge in [0.2, 0.25) is 0 Å². The quantitative estimate of drug-likeness (QED) is 0.486. The van der Waals surface area contributed by atoms with Crippen LogP contribution < -0.4 is 10.5 Å². The van der Waals surface area contributed by atoms with Crippen LogP contribution in [0, 0.1) is 6.92 Å². The van der Waals surface area contributed by atoms with Gasteiger partial charge in [-0.2, -0.15) is 0 Å². The molecule has 6 nitrogen and oxygen atoms in total. The molecule has 0 radical (unpaired) electrons. The van der Waals surface area contributed by atoms with Crippen LogP contribution in [-0.4, -0.2) is 25.7 Å². The normalized spacial score (nSPS) is 14.8. The molecule has 2 aromatic rings. The van der Waals surface area contributed by atoms with E-state index in [4.69, 9.17) is 15.6 Å². The van der Waals surface area contributed by atoms with Crippen molar-refractivity contribution >= 4 is 31.7 Å². The largest absolute Gasteiger partial charge is 0.478 e. The zero-order valence-corrected chi connectivity index (χ0v) is 15.9. The number of carboxylic acid groups (broad SMARTS) is 1. The molecular formula is C15H14F5NO5S2. The van der Waals surface area contributed by atoms with Crippen molar-refractivity contribution in [1.29, 1.82) is 0 Å². The van der Waals surface area contributed by atoms with Crippen molar-refractivity contribution in [2.24, 2.45) is 0 Å². The van der Waals surface area contributed by atoms with Crippen LogP contribution in [0.4, 0.5) is 25.1 Å². The van der Waals surface area contributed by atoms with Crippen LogP contribution in [0.5, 0.6) is 11.5 Å². The summed E-state index contributed by atoms with van der Waals surface area (Å²) in [4.78, 5) is 8.16. The first-order chi connectivity index (χ1) is 12.3. The number of halogens is 5. The van der Waals surface area contributed by atoms with E-state index in [0.29, 0.717) is 6.07 Å². The van der Waals surface area contributed by atoms with Gasteiger partial charge in [0.05, 0.1) is 11.3 Å². The lowest BCUT2D eigenvalue weighted by molar-refractivity contribution is 0.0695. The van der Waals surface area contributed by atoms with Crippen molar-refractivity contribution in [3.63, 3.8) is 0 Å². The van der Waals surface area contributed by atoms with E-state index in [9.17, 15) is 32.6 Å². The van der Waals surface area contributed by atoms with Gasteiger partial charge in [-0.05, 0) is 36.8 Å². The highest BCUT2D eigenvalue weighted by Gasteiger charge is 2.66. The highest BCUT2D eigenvalue weighted by atomic mass is 32.5. The van der Waals surface area contributed by atoms with Gasteiger partial charge in [0.25, 0.3) is 0 Å². The molecule has 0 aromatic heterocycles. The fourth-order valence-corrected chi connectivity index (χ4v) is 3.95. The molecule has 28 heavy (non-hydrogen) atoms. The van der Waals surface area contributed by atoms with Gasteiger partial charge < -0.3 is 15.6 Å². The second-order valence-corrected chi connectivity index (χ2v) is 10.3. The van der Waals surface area contributed by atoms with Gasteiger partial charge >= 0.3 is 16.2 Å². The van der Waals surface area contributed by atoms with Crippen LogP contribution in [0.15, 0.2) is 40.1 Å². The van der Waals surface area contributed by atoms with Gasteiger partial charge in [0, 0.05) is 12.3 Å². The maximum atomic E-state index is 13.1. The molecule has 0 aliphatic rings. The maximum absolute atomic E-state index is 13.1.